The van der Waals surface area contributed by atoms with E-state index in [1.807, 2.05) is 6.92 Å². The van der Waals surface area contributed by atoms with Crippen LogP contribution in [-0.4, -0.2) is 5.91 Å². The van der Waals surface area contributed by atoms with E-state index >= 15 is 0 Å². The van der Waals surface area contributed by atoms with Gasteiger partial charge in [0.1, 0.15) is 11.5 Å². The molecule has 2 aliphatic carbocycles. The highest BCUT2D eigenvalue weighted by Crippen LogP contribution is 2.42. The zero-order chi connectivity index (χ0) is 15.2. The molecule has 3 rings (SSSR count). The summed E-state index contributed by atoms with van der Waals surface area (Å²) in [5.41, 5.74) is 2.54. The van der Waals surface area contributed by atoms with Crippen LogP contribution in [-0.2, 0) is 11.2 Å². The van der Waals surface area contributed by atoms with Crippen molar-refractivity contribution in [2.24, 2.45) is 11.3 Å². The van der Waals surface area contributed by atoms with Crippen LogP contribution in [0.5, 0.6) is 0 Å². The number of allylic oxidation sites excluding steroid dienone is 1. The summed E-state index contributed by atoms with van der Waals surface area (Å²) in [6.07, 6.45) is 6.15. The predicted octanol–water partition coefficient (Wildman–Crippen LogP) is 4.07. The molecule has 0 radical (unpaired) electrons. The molecule has 1 heterocycles. The van der Waals surface area contributed by atoms with Crippen molar-refractivity contribution in [3.8, 4) is 0 Å². The second-order valence-corrected chi connectivity index (χ2v) is 7.50. The summed E-state index contributed by atoms with van der Waals surface area (Å²) in [6.45, 7) is 8.51. The van der Waals surface area contributed by atoms with E-state index in [-0.39, 0.29) is 17.4 Å². The molecule has 0 bridgehead atoms. The number of carbonyl (C=O) groups is 1. The fourth-order valence-corrected chi connectivity index (χ4v) is 3.39. The van der Waals surface area contributed by atoms with Crippen LogP contribution in [0, 0.1) is 18.3 Å². The third-order valence-corrected chi connectivity index (χ3v) is 4.63. The first-order valence-corrected chi connectivity index (χ1v) is 7.92. The minimum atomic E-state index is 0.0342. The monoisotopic (exact) mass is 287 g/mol. The minimum Gasteiger partial charge on any atom is -0.466 e. The zero-order valence-corrected chi connectivity index (χ0v) is 13.5. The fraction of sp³-hybridized carbons (Fsp3) is 0.611. The maximum absolute atomic E-state index is 12.3. The van der Waals surface area contributed by atoms with Crippen molar-refractivity contribution in [1.82, 2.24) is 5.32 Å². The van der Waals surface area contributed by atoms with Gasteiger partial charge in [-0.2, -0.15) is 0 Å². The van der Waals surface area contributed by atoms with Gasteiger partial charge in [0.05, 0.1) is 6.04 Å². The van der Waals surface area contributed by atoms with Gasteiger partial charge in [-0.3, -0.25) is 4.79 Å². The van der Waals surface area contributed by atoms with Gasteiger partial charge in [0.25, 0.3) is 0 Å². The summed E-state index contributed by atoms with van der Waals surface area (Å²) in [4.78, 5) is 12.3. The largest absolute Gasteiger partial charge is 0.466 e. The molecule has 0 aliphatic heterocycles. The Morgan fingerprint density at radius 1 is 1.43 bits per heavy atom. The van der Waals surface area contributed by atoms with Crippen molar-refractivity contribution >= 4 is 5.91 Å². The van der Waals surface area contributed by atoms with Crippen LogP contribution in [0.1, 0.15) is 63.2 Å². The lowest BCUT2D eigenvalue weighted by atomic mass is 9.74. The summed E-state index contributed by atoms with van der Waals surface area (Å²) in [7, 11) is 0. The molecule has 3 heteroatoms. The molecule has 1 atom stereocenters. The van der Waals surface area contributed by atoms with Gasteiger partial charge in [0.2, 0.25) is 5.91 Å². The van der Waals surface area contributed by atoms with Gasteiger partial charge in [-0.15, -0.1) is 0 Å². The predicted molar refractivity (Wildman–Crippen MR) is 82.9 cm³/mol. The molecule has 0 spiro atoms. The van der Waals surface area contributed by atoms with Crippen molar-refractivity contribution in [3.63, 3.8) is 0 Å². The van der Waals surface area contributed by atoms with E-state index in [1.165, 1.54) is 18.4 Å². The molecule has 1 N–H and O–H groups in total. The second kappa shape index (κ2) is 5.04. The van der Waals surface area contributed by atoms with E-state index in [0.717, 1.165) is 29.9 Å². The normalized spacial score (nSPS) is 24.6. The Morgan fingerprint density at radius 2 is 2.14 bits per heavy atom. The van der Waals surface area contributed by atoms with Crippen molar-refractivity contribution in [2.45, 2.75) is 59.4 Å². The molecule has 114 valence electrons. The number of rotatable bonds is 3. The van der Waals surface area contributed by atoms with Gasteiger partial charge in [0.15, 0.2) is 0 Å². The Kier molecular flexibility index (Phi) is 3.46. The Bertz CT molecular complexity index is 590. The van der Waals surface area contributed by atoms with E-state index in [1.54, 1.807) is 6.08 Å². The lowest BCUT2D eigenvalue weighted by molar-refractivity contribution is -0.117. The van der Waals surface area contributed by atoms with Crippen molar-refractivity contribution in [2.75, 3.05) is 0 Å². The topological polar surface area (TPSA) is 42.2 Å². The molecule has 21 heavy (non-hydrogen) atoms. The van der Waals surface area contributed by atoms with E-state index in [0.29, 0.717) is 5.92 Å². The second-order valence-electron chi connectivity index (χ2n) is 7.50. The number of nitrogens with one attached hydrogen (secondary N) is 1. The quantitative estimate of drug-likeness (QED) is 0.851. The lowest BCUT2D eigenvalue weighted by Crippen LogP contribution is -2.35. The summed E-state index contributed by atoms with van der Waals surface area (Å²) >= 11 is 0. The van der Waals surface area contributed by atoms with Gasteiger partial charge >= 0.3 is 0 Å². The number of furan rings is 1. The summed E-state index contributed by atoms with van der Waals surface area (Å²) in [5.74, 6) is 2.65. The molecule has 3 nitrogen and oxygen atoms in total. The lowest BCUT2D eigenvalue weighted by Gasteiger charge is -2.34. The molecule has 1 saturated carbocycles. The fourth-order valence-electron chi connectivity index (χ4n) is 3.39. The van der Waals surface area contributed by atoms with Crippen LogP contribution in [0.4, 0.5) is 0 Å². The molecule has 1 unspecified atom stereocenters. The Hall–Kier alpha value is -1.51. The summed E-state index contributed by atoms with van der Waals surface area (Å²) < 4.78 is 5.82. The Balaban J connectivity index is 1.77. The molecule has 1 aromatic heterocycles. The SMILES string of the molecule is CC(=CC(=O)NC1CC(C)(C)Cc2oc(C)cc21)C1CC1. The Morgan fingerprint density at radius 3 is 2.81 bits per heavy atom. The van der Waals surface area contributed by atoms with Crippen LogP contribution in [0.2, 0.25) is 0 Å². The number of carbonyl (C=O) groups excluding carboxylic acids is 1. The highest BCUT2D eigenvalue weighted by Gasteiger charge is 2.35. The van der Waals surface area contributed by atoms with Crippen LogP contribution in [0.3, 0.4) is 0 Å². The standard InChI is InChI=1S/C18H25NO2/c1-11(13-5-6-13)7-17(20)19-15-9-18(3,4)10-16-14(15)8-12(2)21-16/h7-8,13,15H,5-6,9-10H2,1-4H3,(H,19,20). The smallest absolute Gasteiger partial charge is 0.244 e. The summed E-state index contributed by atoms with van der Waals surface area (Å²) in [5, 5.41) is 3.18. The van der Waals surface area contributed by atoms with Gasteiger partial charge < -0.3 is 9.73 Å². The molecule has 0 aromatic carbocycles. The van der Waals surface area contributed by atoms with Crippen molar-refractivity contribution in [1.29, 1.82) is 0 Å². The average Bonchev–Trinajstić information content (AvgIpc) is 3.11. The van der Waals surface area contributed by atoms with E-state index in [4.69, 9.17) is 4.42 Å². The molecular weight excluding hydrogens is 262 g/mol. The zero-order valence-electron chi connectivity index (χ0n) is 13.5. The minimum absolute atomic E-state index is 0.0342. The van der Waals surface area contributed by atoms with E-state index in [9.17, 15) is 4.79 Å². The van der Waals surface area contributed by atoms with Crippen molar-refractivity contribution < 1.29 is 9.21 Å². The third-order valence-electron chi connectivity index (χ3n) is 4.63. The van der Waals surface area contributed by atoms with Gasteiger partial charge in [-0.25, -0.2) is 0 Å². The van der Waals surface area contributed by atoms with Crippen LogP contribution < -0.4 is 5.32 Å². The van der Waals surface area contributed by atoms with E-state index < -0.39 is 0 Å². The first-order valence-electron chi connectivity index (χ1n) is 7.92. The van der Waals surface area contributed by atoms with Crippen LogP contribution >= 0.6 is 0 Å². The van der Waals surface area contributed by atoms with Gasteiger partial charge in [0, 0.05) is 18.1 Å². The van der Waals surface area contributed by atoms with Gasteiger partial charge in [-0.05, 0) is 50.5 Å². The number of fused-ring (bicyclic) bond motifs is 1. The first kappa shape index (κ1) is 14.4. The molecule has 1 aromatic rings. The maximum atomic E-state index is 12.3. The number of aryl methyl sites for hydroxylation is 1. The van der Waals surface area contributed by atoms with Crippen LogP contribution in [0.15, 0.2) is 22.1 Å². The highest BCUT2D eigenvalue weighted by atomic mass is 16.3. The molecule has 1 amide bonds. The molecule has 1 fully saturated rings. The number of hydrogen-bond acceptors (Lipinski definition) is 2. The number of amides is 1. The van der Waals surface area contributed by atoms with Crippen molar-refractivity contribution in [3.05, 3.63) is 34.8 Å². The molecular formula is C18H25NO2. The van der Waals surface area contributed by atoms with Crippen LogP contribution in [0.25, 0.3) is 0 Å². The third kappa shape index (κ3) is 3.22. The molecule has 0 saturated heterocycles. The first-order chi connectivity index (χ1) is 9.84. The van der Waals surface area contributed by atoms with E-state index in [2.05, 4.69) is 32.2 Å². The average molecular weight is 287 g/mol. The number of hydrogen-bond donors (Lipinski definition) is 1. The highest BCUT2D eigenvalue weighted by molar-refractivity contribution is 5.88. The van der Waals surface area contributed by atoms with Gasteiger partial charge in [-0.1, -0.05) is 19.4 Å². The maximum Gasteiger partial charge on any atom is 0.244 e. The summed E-state index contributed by atoms with van der Waals surface area (Å²) in [6, 6.07) is 2.14. The molecule has 2 aliphatic rings. The Labute approximate surface area is 126 Å².